The number of halogens is 4. The van der Waals surface area contributed by atoms with Crippen LogP contribution in [0.25, 0.3) is 0 Å². The molecule has 0 saturated heterocycles. The number of nitro groups is 1. The van der Waals surface area contributed by atoms with E-state index >= 15 is 0 Å². The molecule has 33 heavy (non-hydrogen) atoms. The summed E-state index contributed by atoms with van der Waals surface area (Å²) >= 11 is 6.01. The Morgan fingerprint density at radius 1 is 0.970 bits per heavy atom. The molecule has 0 radical (unpaired) electrons. The van der Waals surface area contributed by atoms with E-state index in [1.165, 1.54) is 18.2 Å². The van der Waals surface area contributed by atoms with Gasteiger partial charge in [-0.25, -0.2) is 8.42 Å². The summed E-state index contributed by atoms with van der Waals surface area (Å²) in [5, 5.41) is 13.1. The average molecular weight is 500 g/mol. The summed E-state index contributed by atoms with van der Waals surface area (Å²) in [5.41, 5.74) is -1.85. The van der Waals surface area contributed by atoms with Crippen LogP contribution in [0.5, 0.6) is 0 Å². The Balaban J connectivity index is 1.88. The van der Waals surface area contributed by atoms with Crippen LogP contribution in [-0.4, -0.2) is 19.2 Å². The van der Waals surface area contributed by atoms with E-state index in [2.05, 4.69) is 5.32 Å². The fourth-order valence-electron chi connectivity index (χ4n) is 2.71. The molecule has 3 aromatic rings. The first-order valence-corrected chi connectivity index (χ1v) is 10.8. The predicted molar refractivity (Wildman–Crippen MR) is 115 cm³/mol. The molecule has 0 aromatic heterocycles. The number of nitro benzene ring substituents is 1. The lowest BCUT2D eigenvalue weighted by Gasteiger charge is -2.13. The van der Waals surface area contributed by atoms with Gasteiger partial charge >= 0.3 is 6.18 Å². The molecule has 2 N–H and O–H groups in total. The van der Waals surface area contributed by atoms with E-state index in [4.69, 9.17) is 11.6 Å². The Morgan fingerprint density at radius 2 is 1.64 bits per heavy atom. The van der Waals surface area contributed by atoms with Gasteiger partial charge in [0.2, 0.25) is 0 Å². The fourth-order valence-corrected chi connectivity index (χ4v) is 3.99. The number of rotatable bonds is 6. The van der Waals surface area contributed by atoms with E-state index in [-0.39, 0.29) is 27.6 Å². The summed E-state index contributed by atoms with van der Waals surface area (Å²) in [6.45, 7) is 0. The third-order valence-electron chi connectivity index (χ3n) is 4.25. The van der Waals surface area contributed by atoms with E-state index in [0.29, 0.717) is 6.07 Å². The average Bonchev–Trinajstić information content (AvgIpc) is 2.73. The third-order valence-corrected chi connectivity index (χ3v) is 5.96. The number of sulfonamides is 1. The topological polar surface area (TPSA) is 118 Å². The molecule has 13 heteroatoms. The van der Waals surface area contributed by atoms with Crippen LogP contribution in [0.3, 0.4) is 0 Å². The molecule has 0 heterocycles. The molecule has 1 amide bonds. The van der Waals surface area contributed by atoms with Crippen molar-refractivity contribution in [1.29, 1.82) is 0 Å². The molecule has 3 rings (SSSR count). The van der Waals surface area contributed by atoms with Crippen molar-refractivity contribution in [3.05, 3.63) is 93.0 Å². The summed E-state index contributed by atoms with van der Waals surface area (Å²) in [5.74, 6) is -0.850. The number of benzene rings is 3. The van der Waals surface area contributed by atoms with Gasteiger partial charge in [0.1, 0.15) is 0 Å². The number of hydrogen-bond donors (Lipinski definition) is 2. The number of alkyl halides is 3. The zero-order chi connectivity index (χ0) is 24.4. The number of nitrogens with one attached hydrogen (secondary N) is 2. The predicted octanol–water partition coefficient (Wildman–Crippen LogP) is 5.32. The summed E-state index contributed by atoms with van der Waals surface area (Å²) in [6.07, 6.45) is -4.67. The van der Waals surface area contributed by atoms with Gasteiger partial charge in [-0.2, -0.15) is 13.2 Å². The largest absolute Gasteiger partial charge is 0.416 e. The van der Waals surface area contributed by atoms with Crippen LogP contribution in [-0.2, 0) is 16.2 Å². The minimum atomic E-state index is -4.67. The molecule has 0 bridgehead atoms. The van der Waals surface area contributed by atoms with Gasteiger partial charge in [-0.15, -0.1) is 0 Å². The van der Waals surface area contributed by atoms with Crippen LogP contribution in [0, 0.1) is 10.1 Å². The quantitative estimate of drug-likeness (QED) is 0.351. The van der Waals surface area contributed by atoms with Gasteiger partial charge in [0.05, 0.1) is 26.0 Å². The van der Waals surface area contributed by atoms with E-state index in [0.717, 1.165) is 42.5 Å². The number of amides is 1. The van der Waals surface area contributed by atoms with Gasteiger partial charge in [0.15, 0.2) is 0 Å². The zero-order valence-corrected chi connectivity index (χ0v) is 17.8. The molecule has 0 aliphatic rings. The van der Waals surface area contributed by atoms with Crippen molar-refractivity contribution in [2.24, 2.45) is 0 Å². The normalized spacial score (nSPS) is 11.6. The first-order valence-electron chi connectivity index (χ1n) is 8.92. The molecular weight excluding hydrogens is 487 g/mol. The molecule has 0 aliphatic heterocycles. The molecule has 0 fully saturated rings. The van der Waals surface area contributed by atoms with Crippen LogP contribution in [0.1, 0.15) is 15.9 Å². The van der Waals surface area contributed by atoms with Gasteiger partial charge in [-0.1, -0.05) is 23.7 Å². The number of carbonyl (C=O) groups is 1. The second kappa shape index (κ2) is 9.08. The fraction of sp³-hybridized carbons (Fsp3) is 0.0500. The second-order valence-corrected chi connectivity index (χ2v) is 8.68. The molecule has 0 atom stereocenters. The highest BCUT2D eigenvalue weighted by Gasteiger charge is 2.31. The van der Waals surface area contributed by atoms with Crippen LogP contribution in [0.15, 0.2) is 71.6 Å². The minimum absolute atomic E-state index is 0.0700. The van der Waals surface area contributed by atoms with Crippen molar-refractivity contribution in [3.63, 3.8) is 0 Å². The van der Waals surface area contributed by atoms with Gasteiger partial charge in [-0.3, -0.25) is 19.6 Å². The maximum absolute atomic E-state index is 12.9. The van der Waals surface area contributed by atoms with Crippen LogP contribution < -0.4 is 10.0 Å². The van der Waals surface area contributed by atoms with Crippen molar-refractivity contribution >= 4 is 44.6 Å². The first-order chi connectivity index (χ1) is 15.4. The number of carbonyl (C=O) groups excluding carboxylic acids is 1. The third kappa shape index (κ3) is 5.79. The van der Waals surface area contributed by atoms with Crippen molar-refractivity contribution < 1.29 is 31.3 Å². The highest BCUT2D eigenvalue weighted by molar-refractivity contribution is 7.92. The number of anilines is 2. The summed E-state index contributed by atoms with van der Waals surface area (Å²) < 4.78 is 66.0. The number of nitrogens with zero attached hydrogens (tertiary/aromatic N) is 1. The summed E-state index contributed by atoms with van der Waals surface area (Å²) in [6, 6.07) is 11.8. The highest BCUT2D eigenvalue weighted by Crippen LogP contribution is 2.31. The van der Waals surface area contributed by atoms with E-state index in [1.54, 1.807) is 0 Å². The second-order valence-electron chi connectivity index (χ2n) is 6.59. The lowest BCUT2D eigenvalue weighted by atomic mass is 10.2. The van der Waals surface area contributed by atoms with Crippen LogP contribution in [0.4, 0.5) is 30.2 Å². The lowest BCUT2D eigenvalue weighted by Crippen LogP contribution is -2.17. The Labute approximate surface area is 190 Å². The molecule has 172 valence electrons. The standard InChI is InChI=1S/C20H13ClF3N3O5S/c21-18-8-7-16(33(31,32)26-14-5-1-3-12(9-14)20(22,23)24)11-17(18)19(28)25-13-4-2-6-15(10-13)27(29)30/h1-11,26H,(H,25,28). The van der Waals surface area contributed by atoms with Gasteiger partial charge in [0, 0.05) is 23.5 Å². The first kappa shape index (κ1) is 24.0. The molecule has 0 saturated carbocycles. The SMILES string of the molecule is O=C(Nc1cccc([N+](=O)[O-])c1)c1cc(S(=O)(=O)Nc2cccc(C(F)(F)F)c2)ccc1Cl. The Bertz CT molecular complexity index is 1350. The Hall–Kier alpha value is -3.64. The highest BCUT2D eigenvalue weighted by atomic mass is 35.5. The van der Waals surface area contributed by atoms with Crippen LogP contribution >= 0.6 is 11.6 Å². The maximum atomic E-state index is 12.9. The monoisotopic (exact) mass is 499 g/mol. The Kier molecular flexibility index (Phi) is 6.60. The minimum Gasteiger partial charge on any atom is -0.322 e. The van der Waals surface area contributed by atoms with Crippen molar-refractivity contribution in [2.45, 2.75) is 11.1 Å². The van der Waals surface area contributed by atoms with E-state index < -0.39 is 37.5 Å². The summed E-state index contributed by atoms with van der Waals surface area (Å²) in [4.78, 5) is 22.4. The van der Waals surface area contributed by atoms with E-state index in [9.17, 15) is 36.5 Å². The number of non-ortho nitro benzene ring substituents is 1. The van der Waals surface area contributed by atoms with E-state index in [1.807, 2.05) is 4.72 Å². The van der Waals surface area contributed by atoms with Crippen LogP contribution in [0.2, 0.25) is 5.02 Å². The van der Waals surface area contributed by atoms with Crippen molar-refractivity contribution in [3.8, 4) is 0 Å². The van der Waals surface area contributed by atoms with Crippen molar-refractivity contribution in [2.75, 3.05) is 10.0 Å². The van der Waals surface area contributed by atoms with Gasteiger partial charge in [0.25, 0.3) is 21.6 Å². The Morgan fingerprint density at radius 3 is 2.30 bits per heavy atom. The van der Waals surface area contributed by atoms with Gasteiger partial charge in [-0.05, 0) is 42.5 Å². The molecule has 0 spiro atoms. The molecule has 3 aromatic carbocycles. The lowest BCUT2D eigenvalue weighted by molar-refractivity contribution is -0.384. The molecule has 0 unspecified atom stereocenters. The maximum Gasteiger partial charge on any atom is 0.416 e. The summed E-state index contributed by atoms with van der Waals surface area (Å²) in [7, 11) is -4.38. The van der Waals surface area contributed by atoms with Crippen molar-refractivity contribution in [1.82, 2.24) is 0 Å². The van der Waals surface area contributed by atoms with Gasteiger partial charge < -0.3 is 5.32 Å². The molecular formula is C20H13ClF3N3O5S. The molecule has 8 nitrogen and oxygen atoms in total. The molecule has 0 aliphatic carbocycles. The number of hydrogen-bond acceptors (Lipinski definition) is 5. The zero-order valence-electron chi connectivity index (χ0n) is 16.3. The smallest absolute Gasteiger partial charge is 0.322 e.